The van der Waals surface area contributed by atoms with E-state index < -0.39 is 16.1 Å². The van der Waals surface area contributed by atoms with Crippen LogP contribution in [0, 0.1) is 6.92 Å². The summed E-state index contributed by atoms with van der Waals surface area (Å²) in [6.45, 7) is 7.25. The lowest BCUT2D eigenvalue weighted by Crippen LogP contribution is -2.38. The van der Waals surface area contributed by atoms with Crippen molar-refractivity contribution < 1.29 is 17.9 Å². The van der Waals surface area contributed by atoms with Crippen molar-refractivity contribution in [1.82, 2.24) is 19.5 Å². The van der Waals surface area contributed by atoms with E-state index in [1.165, 1.54) is 7.11 Å². The number of hydrogen-bond acceptors (Lipinski definition) is 7. The van der Waals surface area contributed by atoms with Crippen LogP contribution in [-0.2, 0) is 21.3 Å². The molecule has 0 fully saturated rings. The van der Waals surface area contributed by atoms with Gasteiger partial charge in [0.15, 0.2) is 5.82 Å². The summed E-state index contributed by atoms with van der Waals surface area (Å²) in [6, 6.07) is 4.49. The van der Waals surface area contributed by atoms with E-state index in [1.807, 2.05) is 11.5 Å². The fourth-order valence-electron chi connectivity index (χ4n) is 3.61. The molecule has 10 heteroatoms. The predicted molar refractivity (Wildman–Crippen MR) is 112 cm³/mol. The lowest BCUT2D eigenvalue weighted by atomic mass is 10.1. The quantitative estimate of drug-likeness (QED) is 0.775. The van der Waals surface area contributed by atoms with Crippen molar-refractivity contribution in [2.24, 2.45) is 4.99 Å². The number of aryl methyl sites for hydroxylation is 1. The van der Waals surface area contributed by atoms with Crippen molar-refractivity contribution in [1.29, 1.82) is 0 Å². The van der Waals surface area contributed by atoms with Gasteiger partial charge in [-0.05, 0) is 30.7 Å². The topological polar surface area (TPSA) is 108 Å². The first-order valence-electron chi connectivity index (χ1n) is 9.80. The summed E-state index contributed by atoms with van der Waals surface area (Å²) < 4.78 is 41.9. The van der Waals surface area contributed by atoms with Gasteiger partial charge in [-0.15, -0.1) is 10.2 Å². The highest BCUT2D eigenvalue weighted by molar-refractivity contribution is 7.89. The minimum atomic E-state index is -3.83. The molecule has 2 aromatic rings. The van der Waals surface area contributed by atoms with Gasteiger partial charge in [0.05, 0.1) is 31.8 Å². The van der Waals surface area contributed by atoms with Gasteiger partial charge in [0, 0.05) is 5.92 Å². The van der Waals surface area contributed by atoms with E-state index in [0.717, 1.165) is 11.4 Å². The van der Waals surface area contributed by atoms with E-state index in [2.05, 4.69) is 33.8 Å². The number of aromatic nitrogens is 3. The number of aliphatic imine (C=N–C) groups is 1. The minimum absolute atomic E-state index is 0.0977. The lowest BCUT2D eigenvalue weighted by Gasteiger charge is -2.21. The summed E-state index contributed by atoms with van der Waals surface area (Å²) in [5.74, 6) is 2.48. The standard InChI is InChI=1S/C20H25N5O4S/c1-12(2)18-22-23-19-15-10-14(11-21-20(15)29-8-7-25(18)19)24-30(26,27)17-9-13(3)5-6-16(17)28-4/h5-6,9-10,12,14,24H,7-8,11H2,1-4H3. The number of nitrogens with zero attached hydrogens (tertiary/aromatic N) is 4. The fourth-order valence-corrected chi connectivity index (χ4v) is 5.03. The first kappa shape index (κ1) is 20.5. The molecular weight excluding hydrogens is 406 g/mol. The molecule has 0 spiro atoms. The third kappa shape index (κ3) is 3.72. The van der Waals surface area contributed by atoms with Crippen LogP contribution in [0.2, 0.25) is 0 Å². The van der Waals surface area contributed by atoms with Crippen LogP contribution in [0.15, 0.2) is 34.2 Å². The third-order valence-corrected chi connectivity index (χ3v) is 6.55. The Balaban J connectivity index is 1.68. The van der Waals surface area contributed by atoms with Crippen LogP contribution in [0.1, 0.15) is 37.0 Å². The van der Waals surface area contributed by atoms with Gasteiger partial charge in [-0.25, -0.2) is 18.1 Å². The highest BCUT2D eigenvalue weighted by Crippen LogP contribution is 2.28. The molecule has 1 N–H and O–H groups in total. The molecule has 0 saturated carbocycles. The van der Waals surface area contributed by atoms with Crippen molar-refractivity contribution in [3.05, 3.63) is 41.5 Å². The molecule has 2 aliphatic heterocycles. The Hall–Kier alpha value is -2.72. The van der Waals surface area contributed by atoms with Crippen molar-refractivity contribution in [3.63, 3.8) is 0 Å². The summed E-state index contributed by atoms with van der Waals surface area (Å²) in [4.78, 5) is 4.57. The molecule has 0 bridgehead atoms. The number of rotatable bonds is 5. The molecule has 1 aromatic heterocycles. The number of benzene rings is 1. The van der Waals surface area contributed by atoms with Gasteiger partial charge >= 0.3 is 0 Å². The largest absolute Gasteiger partial charge is 0.495 e. The average Bonchev–Trinajstić information content (AvgIpc) is 3.04. The molecule has 1 atom stereocenters. The maximum atomic E-state index is 13.1. The van der Waals surface area contributed by atoms with Crippen LogP contribution in [0.4, 0.5) is 0 Å². The molecule has 9 nitrogen and oxygen atoms in total. The van der Waals surface area contributed by atoms with Gasteiger partial charge in [-0.3, -0.25) is 0 Å². The molecule has 4 rings (SSSR count). The van der Waals surface area contributed by atoms with Crippen molar-refractivity contribution in [2.75, 3.05) is 20.3 Å². The number of ether oxygens (including phenoxy) is 2. The Morgan fingerprint density at radius 3 is 2.83 bits per heavy atom. The van der Waals surface area contributed by atoms with Gasteiger partial charge < -0.3 is 14.0 Å². The van der Waals surface area contributed by atoms with Crippen LogP contribution >= 0.6 is 0 Å². The van der Waals surface area contributed by atoms with Crippen LogP contribution in [-0.4, -0.2) is 55.4 Å². The predicted octanol–water partition coefficient (Wildman–Crippen LogP) is 1.89. The van der Waals surface area contributed by atoms with E-state index in [0.29, 0.717) is 36.2 Å². The Morgan fingerprint density at radius 1 is 1.30 bits per heavy atom. The molecule has 1 aromatic carbocycles. The Kier molecular flexibility index (Phi) is 5.37. The normalized spacial score (nSPS) is 18.6. The minimum Gasteiger partial charge on any atom is -0.495 e. The highest BCUT2D eigenvalue weighted by Gasteiger charge is 2.31. The molecule has 3 heterocycles. The van der Waals surface area contributed by atoms with Crippen molar-refractivity contribution in [3.8, 4) is 5.75 Å². The van der Waals surface area contributed by atoms with Gasteiger partial charge in [-0.1, -0.05) is 19.9 Å². The van der Waals surface area contributed by atoms with E-state index in [4.69, 9.17) is 9.47 Å². The lowest BCUT2D eigenvalue weighted by molar-refractivity contribution is 0.290. The molecule has 1 unspecified atom stereocenters. The van der Waals surface area contributed by atoms with Crippen LogP contribution < -0.4 is 9.46 Å². The zero-order valence-corrected chi connectivity index (χ0v) is 18.2. The number of dihydropyridines is 1. The van der Waals surface area contributed by atoms with E-state index in [9.17, 15) is 8.42 Å². The maximum Gasteiger partial charge on any atom is 0.244 e. The molecule has 30 heavy (non-hydrogen) atoms. The van der Waals surface area contributed by atoms with Gasteiger partial charge in [-0.2, -0.15) is 0 Å². The van der Waals surface area contributed by atoms with Crippen LogP contribution in [0.25, 0.3) is 5.57 Å². The first-order valence-corrected chi connectivity index (χ1v) is 11.3. The highest BCUT2D eigenvalue weighted by atomic mass is 32.2. The van der Waals surface area contributed by atoms with Crippen molar-refractivity contribution in [2.45, 2.75) is 44.2 Å². The number of fused-ring (bicyclic) bond motifs is 3. The Morgan fingerprint density at radius 2 is 2.10 bits per heavy atom. The van der Waals surface area contributed by atoms with E-state index >= 15 is 0 Å². The third-order valence-electron chi connectivity index (χ3n) is 5.04. The molecular formula is C20H25N5O4S. The second-order valence-electron chi connectivity index (χ2n) is 7.64. The van der Waals surface area contributed by atoms with Gasteiger partial charge in [0.1, 0.15) is 23.1 Å². The summed E-state index contributed by atoms with van der Waals surface area (Å²) in [6.07, 6.45) is 1.80. The molecule has 160 valence electrons. The molecule has 0 aliphatic carbocycles. The van der Waals surface area contributed by atoms with Crippen molar-refractivity contribution >= 4 is 21.5 Å². The van der Waals surface area contributed by atoms with Crippen LogP contribution in [0.3, 0.4) is 0 Å². The second kappa shape index (κ2) is 7.84. The summed E-state index contributed by atoms with van der Waals surface area (Å²) >= 11 is 0. The molecule has 0 saturated heterocycles. The smallest absolute Gasteiger partial charge is 0.244 e. The number of methoxy groups -OCH3 is 1. The Bertz CT molecular complexity index is 1130. The second-order valence-corrected chi connectivity index (χ2v) is 9.33. The zero-order chi connectivity index (χ0) is 21.5. The SMILES string of the molecule is COc1ccc(C)cc1S(=O)(=O)NC1C=C2C(=NC1)OCCn1c2nnc1C(C)C. The number of hydrogen-bond donors (Lipinski definition) is 1. The Labute approximate surface area is 175 Å². The first-order chi connectivity index (χ1) is 14.3. The fraction of sp³-hybridized carbons (Fsp3) is 0.450. The average molecular weight is 432 g/mol. The van der Waals surface area contributed by atoms with Gasteiger partial charge in [0.2, 0.25) is 15.9 Å². The number of sulfonamides is 1. The van der Waals surface area contributed by atoms with E-state index in [1.54, 1.807) is 24.3 Å². The maximum absolute atomic E-state index is 13.1. The molecule has 2 aliphatic rings. The molecule has 0 radical (unpaired) electrons. The molecule has 0 amide bonds. The van der Waals surface area contributed by atoms with E-state index in [-0.39, 0.29) is 17.4 Å². The summed E-state index contributed by atoms with van der Waals surface area (Å²) in [5, 5.41) is 8.65. The van der Waals surface area contributed by atoms with Gasteiger partial charge in [0.25, 0.3) is 0 Å². The monoisotopic (exact) mass is 431 g/mol. The number of nitrogens with one attached hydrogen (secondary N) is 1. The summed E-state index contributed by atoms with van der Waals surface area (Å²) in [7, 11) is -2.38. The summed E-state index contributed by atoms with van der Waals surface area (Å²) in [5.41, 5.74) is 1.48. The zero-order valence-electron chi connectivity index (χ0n) is 17.4. The van der Waals surface area contributed by atoms with Crippen LogP contribution in [0.5, 0.6) is 5.75 Å².